The Morgan fingerprint density at radius 1 is 1.21 bits per heavy atom. The molecule has 150 valence electrons. The maximum atomic E-state index is 13.0. The molecule has 1 aliphatic carbocycles. The summed E-state index contributed by atoms with van der Waals surface area (Å²) in [4.78, 5) is 32.1. The number of rotatable bonds is 6. The van der Waals surface area contributed by atoms with E-state index in [1.165, 1.54) is 0 Å². The van der Waals surface area contributed by atoms with Crippen LogP contribution in [0.25, 0.3) is 10.6 Å². The maximum Gasteiger partial charge on any atom is 0.312 e. The molecule has 0 bridgehead atoms. The lowest BCUT2D eigenvalue weighted by Crippen LogP contribution is -2.44. The molecule has 0 N–H and O–H groups in total. The van der Waals surface area contributed by atoms with Crippen LogP contribution < -0.4 is 0 Å². The first-order valence-corrected chi connectivity index (χ1v) is 11.5. The summed E-state index contributed by atoms with van der Waals surface area (Å²) in [7, 11) is 0. The van der Waals surface area contributed by atoms with E-state index in [4.69, 9.17) is 9.47 Å². The first kappa shape index (κ1) is 19.5. The highest BCUT2D eigenvalue weighted by Crippen LogP contribution is 2.43. The van der Waals surface area contributed by atoms with E-state index in [0.717, 1.165) is 41.9 Å². The molecule has 2 fully saturated rings. The average Bonchev–Trinajstić information content (AvgIpc) is 3.48. The second-order valence-corrected chi connectivity index (χ2v) is 9.03. The van der Waals surface area contributed by atoms with Crippen molar-refractivity contribution < 1.29 is 19.1 Å². The van der Waals surface area contributed by atoms with Gasteiger partial charge in [-0.05, 0) is 24.3 Å². The zero-order valence-electron chi connectivity index (χ0n) is 15.7. The van der Waals surface area contributed by atoms with Crippen molar-refractivity contribution in [3.8, 4) is 10.6 Å². The number of carbonyl (C=O) groups excluding carboxylic acids is 2. The van der Waals surface area contributed by atoms with Gasteiger partial charge in [-0.25, -0.2) is 4.98 Å². The van der Waals surface area contributed by atoms with Crippen LogP contribution in [0.1, 0.15) is 37.8 Å². The van der Waals surface area contributed by atoms with Gasteiger partial charge >= 0.3 is 5.97 Å². The third-order valence-electron chi connectivity index (χ3n) is 5.52. The lowest BCUT2D eigenvalue weighted by Gasteiger charge is -2.31. The Morgan fingerprint density at radius 3 is 2.71 bits per heavy atom. The Bertz CT molecular complexity index is 806. The minimum absolute atomic E-state index is 0.0375. The molecule has 3 heterocycles. The molecule has 2 aromatic rings. The van der Waals surface area contributed by atoms with Gasteiger partial charge in [-0.15, -0.1) is 11.3 Å². The van der Waals surface area contributed by atoms with Crippen molar-refractivity contribution in [2.75, 3.05) is 26.3 Å². The molecule has 0 atom stereocenters. The van der Waals surface area contributed by atoms with Crippen molar-refractivity contribution in [2.24, 2.45) is 5.41 Å². The van der Waals surface area contributed by atoms with Gasteiger partial charge in [0.05, 0.1) is 24.3 Å². The summed E-state index contributed by atoms with van der Waals surface area (Å²) in [5, 5.41) is 6.94. The predicted molar refractivity (Wildman–Crippen MR) is 108 cm³/mol. The van der Waals surface area contributed by atoms with Crippen molar-refractivity contribution in [3.05, 3.63) is 27.9 Å². The number of amides is 1. The Labute approximate surface area is 172 Å². The van der Waals surface area contributed by atoms with Gasteiger partial charge < -0.3 is 14.4 Å². The first-order chi connectivity index (χ1) is 13.7. The predicted octanol–water partition coefficient (Wildman–Crippen LogP) is 3.72. The fourth-order valence-electron chi connectivity index (χ4n) is 3.90. The average molecular weight is 421 g/mol. The summed E-state index contributed by atoms with van der Waals surface area (Å²) in [6.45, 7) is 2.51. The van der Waals surface area contributed by atoms with Crippen molar-refractivity contribution >= 4 is 34.6 Å². The summed E-state index contributed by atoms with van der Waals surface area (Å²) in [6.07, 6.45) is 3.61. The Morgan fingerprint density at radius 2 is 2.00 bits per heavy atom. The smallest absolute Gasteiger partial charge is 0.312 e. The van der Waals surface area contributed by atoms with E-state index < -0.39 is 5.41 Å². The molecule has 1 saturated carbocycles. The Kier molecular flexibility index (Phi) is 6.08. The molecule has 2 aromatic heterocycles. The molecule has 28 heavy (non-hydrogen) atoms. The van der Waals surface area contributed by atoms with Crippen LogP contribution >= 0.6 is 22.7 Å². The molecule has 0 aromatic carbocycles. The second kappa shape index (κ2) is 8.71. The lowest BCUT2D eigenvalue weighted by molar-refractivity contribution is -0.161. The van der Waals surface area contributed by atoms with Crippen LogP contribution in [0.4, 0.5) is 0 Å². The number of hydrogen-bond acceptors (Lipinski definition) is 7. The summed E-state index contributed by atoms with van der Waals surface area (Å²) in [5.41, 5.74) is 1.17. The van der Waals surface area contributed by atoms with Crippen LogP contribution in [0.2, 0.25) is 0 Å². The number of hydrogen-bond donors (Lipinski definition) is 0. The maximum absolute atomic E-state index is 13.0. The van der Waals surface area contributed by atoms with Crippen molar-refractivity contribution in [1.29, 1.82) is 0 Å². The summed E-state index contributed by atoms with van der Waals surface area (Å²) >= 11 is 3.18. The van der Waals surface area contributed by atoms with Gasteiger partial charge in [0.25, 0.3) is 0 Å². The van der Waals surface area contributed by atoms with E-state index in [1.54, 1.807) is 22.7 Å². The van der Waals surface area contributed by atoms with Crippen LogP contribution in [0, 0.1) is 5.41 Å². The standard InChI is InChI=1S/C20H24N2O4S2/c23-17(22-6-8-25-9-7-22)11-20(4-1-2-5-20)19(24)26-12-16-14-28-18(21-16)15-3-10-27-13-15/h3,10,13-14H,1-2,4-9,11-12H2. The largest absolute Gasteiger partial charge is 0.459 e. The number of morpholine rings is 1. The summed E-state index contributed by atoms with van der Waals surface area (Å²) in [5.74, 6) is -0.216. The molecule has 1 aliphatic heterocycles. The van der Waals surface area contributed by atoms with Gasteiger partial charge in [0.1, 0.15) is 11.6 Å². The van der Waals surface area contributed by atoms with E-state index in [2.05, 4.69) is 10.4 Å². The molecule has 0 unspecified atom stereocenters. The van der Waals surface area contributed by atoms with Crippen LogP contribution in [0.3, 0.4) is 0 Å². The molecule has 0 radical (unpaired) electrons. The Hall–Kier alpha value is -1.77. The molecule has 4 rings (SSSR count). The van der Waals surface area contributed by atoms with Gasteiger partial charge in [0.15, 0.2) is 0 Å². The zero-order valence-corrected chi connectivity index (χ0v) is 17.4. The summed E-state index contributed by atoms with van der Waals surface area (Å²) < 4.78 is 11.0. The molecule has 1 saturated heterocycles. The quantitative estimate of drug-likeness (QED) is 0.666. The van der Waals surface area contributed by atoms with E-state index in [9.17, 15) is 9.59 Å². The number of thiazole rings is 1. The number of aromatic nitrogens is 1. The zero-order chi connectivity index (χ0) is 19.4. The fourth-order valence-corrected chi connectivity index (χ4v) is 5.42. The molecule has 1 amide bonds. The van der Waals surface area contributed by atoms with Gasteiger partial charge in [-0.2, -0.15) is 11.3 Å². The molecule has 0 spiro atoms. The third-order valence-corrected chi connectivity index (χ3v) is 7.14. The highest BCUT2D eigenvalue weighted by atomic mass is 32.1. The highest BCUT2D eigenvalue weighted by molar-refractivity contribution is 7.14. The lowest BCUT2D eigenvalue weighted by atomic mass is 9.82. The molecular weight excluding hydrogens is 396 g/mol. The summed E-state index contributed by atoms with van der Waals surface area (Å²) in [6, 6.07) is 2.03. The normalized spacial score (nSPS) is 18.9. The van der Waals surface area contributed by atoms with E-state index in [1.807, 2.05) is 21.7 Å². The minimum atomic E-state index is -0.679. The van der Waals surface area contributed by atoms with E-state index >= 15 is 0 Å². The Balaban J connectivity index is 1.37. The molecule has 6 nitrogen and oxygen atoms in total. The van der Waals surface area contributed by atoms with Crippen LogP contribution in [-0.4, -0.2) is 48.1 Å². The van der Waals surface area contributed by atoms with Crippen LogP contribution in [0.15, 0.2) is 22.2 Å². The number of carbonyl (C=O) groups is 2. The van der Waals surface area contributed by atoms with Gasteiger partial charge in [0.2, 0.25) is 5.91 Å². The first-order valence-electron chi connectivity index (χ1n) is 9.66. The number of ether oxygens (including phenoxy) is 2. The van der Waals surface area contributed by atoms with E-state index in [0.29, 0.717) is 26.3 Å². The van der Waals surface area contributed by atoms with Gasteiger partial charge in [-0.3, -0.25) is 9.59 Å². The van der Waals surface area contributed by atoms with Crippen molar-refractivity contribution in [1.82, 2.24) is 9.88 Å². The molecule has 8 heteroatoms. The molecular formula is C20H24N2O4S2. The second-order valence-electron chi connectivity index (χ2n) is 7.39. The van der Waals surface area contributed by atoms with Crippen LogP contribution in [0.5, 0.6) is 0 Å². The van der Waals surface area contributed by atoms with Gasteiger partial charge in [0, 0.05) is 35.8 Å². The topological polar surface area (TPSA) is 68.7 Å². The number of thiophene rings is 1. The number of esters is 1. The van der Waals surface area contributed by atoms with E-state index in [-0.39, 0.29) is 24.9 Å². The minimum Gasteiger partial charge on any atom is -0.459 e. The fraction of sp³-hybridized carbons (Fsp3) is 0.550. The molecule has 2 aliphatic rings. The third kappa shape index (κ3) is 4.29. The SMILES string of the molecule is O=C(CC1(C(=O)OCc2csc(-c3ccsc3)n2)CCCC1)N1CCOCC1. The van der Waals surface area contributed by atoms with Crippen molar-refractivity contribution in [3.63, 3.8) is 0 Å². The van der Waals surface area contributed by atoms with Crippen molar-refractivity contribution in [2.45, 2.75) is 38.7 Å². The highest BCUT2D eigenvalue weighted by Gasteiger charge is 2.45. The van der Waals surface area contributed by atoms with Crippen LogP contribution in [-0.2, 0) is 25.7 Å². The number of nitrogens with zero attached hydrogens (tertiary/aromatic N) is 2. The monoisotopic (exact) mass is 420 g/mol. The van der Waals surface area contributed by atoms with Gasteiger partial charge in [-0.1, -0.05) is 12.8 Å².